The summed E-state index contributed by atoms with van der Waals surface area (Å²) >= 11 is 0. The quantitative estimate of drug-likeness (QED) is 0.0607. The van der Waals surface area contributed by atoms with Gasteiger partial charge in [-0.2, -0.15) is 30.7 Å². The molecule has 1 atom stereocenters. The number of ether oxygens (including phenoxy) is 3. The number of alkyl halides is 7. The highest BCUT2D eigenvalue weighted by atomic mass is 19.4. The molecule has 0 aromatic rings. The average Bonchev–Trinajstić information content (AvgIpc) is 2.83. The highest BCUT2D eigenvalue weighted by Gasteiger charge is 2.72. The molecule has 0 radical (unpaired) electrons. The first-order chi connectivity index (χ1) is 18.6. The van der Waals surface area contributed by atoms with E-state index in [1.54, 1.807) is 0 Å². The first-order valence-electron chi connectivity index (χ1n) is 14.6. The summed E-state index contributed by atoms with van der Waals surface area (Å²) in [6, 6.07) is 0. The summed E-state index contributed by atoms with van der Waals surface area (Å²) in [6.45, 7) is 3.64. The number of hydrogen-bond donors (Lipinski definition) is 1. The van der Waals surface area contributed by atoms with Gasteiger partial charge in [0.15, 0.2) is 0 Å². The van der Waals surface area contributed by atoms with Crippen molar-refractivity contribution in [3.8, 4) is 0 Å². The summed E-state index contributed by atoms with van der Waals surface area (Å²) < 4.78 is 106. The Hall–Kier alpha value is -0.690. The van der Waals surface area contributed by atoms with E-state index < -0.39 is 30.5 Å². The predicted molar refractivity (Wildman–Crippen MR) is 142 cm³/mol. The molecule has 0 saturated heterocycles. The molecular weight excluding hydrogens is 547 g/mol. The highest BCUT2D eigenvalue weighted by Crippen LogP contribution is 2.48. The fourth-order valence-electron chi connectivity index (χ4n) is 3.91. The van der Waals surface area contributed by atoms with Crippen molar-refractivity contribution in [2.24, 2.45) is 0 Å². The van der Waals surface area contributed by atoms with E-state index in [1.807, 2.05) is 0 Å². The maximum Gasteiger partial charge on any atom is 0.459 e. The topological polar surface area (TPSA) is 47.9 Å². The molecular formula is C28H53F7NO4+. The smallest absolute Gasteiger partial charge is 0.388 e. The second-order valence-corrected chi connectivity index (χ2v) is 11.6. The van der Waals surface area contributed by atoms with E-state index in [2.05, 4.69) is 21.1 Å². The number of hydrogen-bond acceptors (Lipinski definition) is 4. The van der Waals surface area contributed by atoms with Crippen LogP contribution in [0.3, 0.4) is 0 Å². The van der Waals surface area contributed by atoms with Crippen LogP contribution in [-0.4, -0.2) is 101 Å². The van der Waals surface area contributed by atoms with Crippen molar-refractivity contribution in [2.75, 3.05) is 67.3 Å². The molecule has 0 aromatic heterocycles. The third-order valence-corrected chi connectivity index (χ3v) is 6.49. The number of nitrogens with zero attached hydrogens (tertiary/aromatic N) is 1. The van der Waals surface area contributed by atoms with Crippen molar-refractivity contribution < 1.29 is 54.5 Å². The van der Waals surface area contributed by atoms with Crippen molar-refractivity contribution >= 4 is 0 Å². The van der Waals surface area contributed by atoms with Gasteiger partial charge in [0.25, 0.3) is 0 Å². The van der Waals surface area contributed by atoms with Gasteiger partial charge in [-0.3, -0.25) is 0 Å². The van der Waals surface area contributed by atoms with E-state index in [0.717, 1.165) is 75.2 Å². The van der Waals surface area contributed by atoms with Crippen molar-refractivity contribution in [1.82, 2.24) is 0 Å². The Bertz CT molecular complexity index is 602. The summed E-state index contributed by atoms with van der Waals surface area (Å²) in [7, 11) is 6.31. The van der Waals surface area contributed by atoms with Gasteiger partial charge >= 0.3 is 18.0 Å². The second kappa shape index (κ2) is 21.1. The fourth-order valence-corrected chi connectivity index (χ4v) is 3.91. The Labute approximate surface area is 236 Å². The Morgan fingerprint density at radius 2 is 0.950 bits per heavy atom. The zero-order chi connectivity index (χ0) is 30.5. The van der Waals surface area contributed by atoms with Gasteiger partial charge in [-0.25, -0.2) is 0 Å². The first-order valence-corrected chi connectivity index (χ1v) is 14.6. The molecule has 0 saturated carbocycles. The molecule has 1 N–H and O–H groups in total. The Kier molecular flexibility index (Phi) is 20.7. The molecule has 0 bridgehead atoms. The van der Waals surface area contributed by atoms with Gasteiger partial charge in [0, 0.05) is 13.0 Å². The minimum absolute atomic E-state index is 0.215. The largest absolute Gasteiger partial charge is 0.459 e. The molecule has 0 rings (SSSR count). The minimum Gasteiger partial charge on any atom is -0.388 e. The second-order valence-electron chi connectivity index (χ2n) is 11.6. The number of halogens is 7. The predicted octanol–water partition coefficient (Wildman–Crippen LogP) is 7.40. The molecule has 242 valence electrons. The van der Waals surface area contributed by atoms with Crippen LogP contribution in [0.4, 0.5) is 30.7 Å². The summed E-state index contributed by atoms with van der Waals surface area (Å²) in [5, 5.41) is 9.87. The number of quaternary nitrogens is 1. The van der Waals surface area contributed by atoms with Gasteiger partial charge in [0.05, 0.1) is 54.2 Å². The van der Waals surface area contributed by atoms with Crippen molar-refractivity contribution in [3.05, 3.63) is 0 Å². The van der Waals surface area contributed by atoms with Gasteiger partial charge in [-0.05, 0) is 12.8 Å². The van der Waals surface area contributed by atoms with E-state index in [1.165, 1.54) is 0 Å². The lowest BCUT2D eigenvalue weighted by Gasteiger charge is -2.28. The van der Waals surface area contributed by atoms with Gasteiger partial charge < -0.3 is 23.8 Å². The summed E-state index contributed by atoms with van der Waals surface area (Å²) in [5.41, 5.74) is 0. The van der Waals surface area contributed by atoms with Crippen molar-refractivity contribution in [3.63, 3.8) is 0 Å². The number of unbranched alkanes of at least 4 members (excludes halogenated alkanes) is 12. The SMILES string of the molecule is C[N+](C)(C)CCOCCOCC(O)COCCCCCCCCCCCCCCCC(F)(F)C(F)(F)C(F)(F)F. The zero-order valence-corrected chi connectivity index (χ0v) is 24.7. The molecule has 0 aliphatic heterocycles. The molecule has 12 heteroatoms. The minimum atomic E-state index is -6.24. The van der Waals surface area contributed by atoms with Gasteiger partial charge in [-0.1, -0.05) is 70.6 Å². The fraction of sp³-hybridized carbons (Fsp3) is 1.00. The van der Waals surface area contributed by atoms with E-state index in [9.17, 15) is 35.8 Å². The molecule has 0 aromatic carbocycles. The van der Waals surface area contributed by atoms with Crippen LogP contribution in [0.1, 0.15) is 89.9 Å². The van der Waals surface area contributed by atoms with Gasteiger partial charge in [0.2, 0.25) is 0 Å². The van der Waals surface area contributed by atoms with E-state index in [4.69, 9.17) is 14.2 Å². The normalized spacial score (nSPS) is 14.2. The number of rotatable bonds is 27. The van der Waals surface area contributed by atoms with Crippen molar-refractivity contribution in [1.29, 1.82) is 0 Å². The lowest BCUT2D eigenvalue weighted by Crippen LogP contribution is -2.51. The summed E-state index contributed by atoms with van der Waals surface area (Å²) in [4.78, 5) is 0. The van der Waals surface area contributed by atoms with Crippen LogP contribution in [0.25, 0.3) is 0 Å². The molecule has 0 fully saturated rings. The monoisotopic (exact) mass is 600 g/mol. The average molecular weight is 601 g/mol. The number of likely N-dealkylation sites (N-methyl/N-ethyl adjacent to an activating group) is 1. The molecule has 40 heavy (non-hydrogen) atoms. The van der Waals surface area contributed by atoms with E-state index in [-0.39, 0.29) is 26.1 Å². The standard InChI is InChI=1S/C28H53F7NO4/c1-36(2,3)18-20-38-21-22-40-24-25(37)23-39-19-16-14-12-10-8-6-4-5-7-9-11-13-15-17-26(29,30)27(31,32)28(33,34)35/h25,37H,4-24H2,1-3H3/q+1. The van der Waals surface area contributed by atoms with Gasteiger partial charge in [-0.15, -0.1) is 0 Å². The van der Waals surface area contributed by atoms with Crippen molar-refractivity contribution in [2.45, 2.75) is 114 Å². The third-order valence-electron chi connectivity index (χ3n) is 6.49. The lowest BCUT2D eigenvalue weighted by molar-refractivity contribution is -0.870. The van der Waals surface area contributed by atoms with Gasteiger partial charge in [0.1, 0.15) is 12.6 Å². The molecule has 5 nitrogen and oxygen atoms in total. The maximum atomic E-state index is 13.2. The van der Waals surface area contributed by atoms with Crippen LogP contribution in [0.2, 0.25) is 0 Å². The molecule has 0 spiro atoms. The van der Waals surface area contributed by atoms with Crippen LogP contribution in [-0.2, 0) is 14.2 Å². The third kappa shape index (κ3) is 20.2. The Morgan fingerprint density at radius 1 is 0.550 bits per heavy atom. The molecule has 0 aliphatic rings. The Morgan fingerprint density at radius 3 is 1.40 bits per heavy atom. The summed E-state index contributed by atoms with van der Waals surface area (Å²) in [5.74, 6) is -11.1. The Balaban J connectivity index is 3.40. The van der Waals surface area contributed by atoms with Crippen LogP contribution in [0.5, 0.6) is 0 Å². The van der Waals surface area contributed by atoms with E-state index >= 15 is 0 Å². The molecule has 0 heterocycles. The molecule has 0 aliphatic carbocycles. The van der Waals surface area contributed by atoms with Crippen LogP contribution < -0.4 is 0 Å². The lowest BCUT2D eigenvalue weighted by atomic mass is 10.0. The van der Waals surface area contributed by atoms with Crippen LogP contribution in [0, 0.1) is 0 Å². The summed E-state index contributed by atoms with van der Waals surface area (Å²) in [6.07, 6.45) is 2.22. The maximum absolute atomic E-state index is 13.2. The van der Waals surface area contributed by atoms with Crippen LogP contribution in [0.15, 0.2) is 0 Å². The van der Waals surface area contributed by atoms with E-state index in [0.29, 0.717) is 32.8 Å². The molecule has 1 unspecified atom stereocenters. The number of aliphatic hydroxyl groups is 1. The number of aliphatic hydroxyl groups excluding tert-OH is 1. The zero-order valence-electron chi connectivity index (χ0n) is 24.7. The highest BCUT2D eigenvalue weighted by molar-refractivity contribution is 4.90. The first kappa shape index (κ1) is 39.3. The van der Waals surface area contributed by atoms with Crippen LogP contribution >= 0.6 is 0 Å². The molecule has 0 amide bonds.